The lowest BCUT2D eigenvalue weighted by atomic mass is 9.98. The highest BCUT2D eigenvalue weighted by Crippen LogP contribution is 2.23. The van der Waals surface area contributed by atoms with Crippen LogP contribution in [0.5, 0.6) is 0 Å². The summed E-state index contributed by atoms with van der Waals surface area (Å²) in [6.45, 7) is 7.82. The Hall–Kier alpha value is -0.650. The summed E-state index contributed by atoms with van der Waals surface area (Å²) in [6.07, 6.45) is 3.01. The van der Waals surface area contributed by atoms with Crippen molar-refractivity contribution >= 4 is 5.91 Å². The molecule has 0 spiro atoms. The highest BCUT2D eigenvalue weighted by Gasteiger charge is 2.37. The largest absolute Gasteiger partial charge is 0.356 e. The molecule has 0 aromatic carbocycles. The Morgan fingerprint density at radius 3 is 2.56 bits per heavy atom. The molecule has 0 aliphatic carbocycles. The lowest BCUT2D eigenvalue weighted by molar-refractivity contribution is -0.122. The zero-order chi connectivity index (χ0) is 12.4. The number of likely N-dealkylation sites (tertiary alicyclic amines) is 1. The maximum Gasteiger partial charge on any atom is 0.221 e. The molecule has 5 heteroatoms. The van der Waals surface area contributed by atoms with Crippen molar-refractivity contribution in [3.63, 3.8) is 0 Å². The van der Waals surface area contributed by atoms with Crippen molar-refractivity contribution in [1.29, 1.82) is 0 Å². The molecule has 0 saturated carbocycles. The lowest BCUT2D eigenvalue weighted by Gasteiger charge is -2.49. The van der Waals surface area contributed by atoms with Gasteiger partial charge < -0.3 is 10.6 Å². The first-order valence-electron chi connectivity index (χ1n) is 7.28. The number of hydrogen-bond acceptors (Lipinski definition) is 4. The maximum atomic E-state index is 11.6. The summed E-state index contributed by atoms with van der Waals surface area (Å²) >= 11 is 0. The molecule has 0 aromatic rings. The normalized spacial score (nSPS) is 32.7. The van der Waals surface area contributed by atoms with Gasteiger partial charge in [-0.2, -0.15) is 0 Å². The van der Waals surface area contributed by atoms with Gasteiger partial charge in [0, 0.05) is 64.3 Å². The molecule has 1 unspecified atom stereocenters. The van der Waals surface area contributed by atoms with Crippen LogP contribution in [0.2, 0.25) is 0 Å². The zero-order valence-electron chi connectivity index (χ0n) is 11.0. The van der Waals surface area contributed by atoms with Crippen LogP contribution < -0.4 is 10.6 Å². The van der Waals surface area contributed by atoms with Crippen molar-refractivity contribution in [2.45, 2.75) is 31.3 Å². The number of hydrogen-bond donors (Lipinski definition) is 2. The van der Waals surface area contributed by atoms with Crippen LogP contribution in [-0.4, -0.2) is 73.6 Å². The number of rotatable bonds is 2. The Balaban J connectivity index is 1.47. The Morgan fingerprint density at radius 2 is 1.78 bits per heavy atom. The maximum absolute atomic E-state index is 11.6. The molecule has 3 rings (SSSR count). The molecule has 3 fully saturated rings. The van der Waals surface area contributed by atoms with Gasteiger partial charge in [-0.1, -0.05) is 0 Å². The molecule has 102 valence electrons. The number of amides is 1. The van der Waals surface area contributed by atoms with Crippen LogP contribution in [0.3, 0.4) is 0 Å². The number of piperazine rings is 1. The van der Waals surface area contributed by atoms with Gasteiger partial charge in [-0.05, 0) is 12.8 Å². The van der Waals surface area contributed by atoms with E-state index in [-0.39, 0.29) is 5.91 Å². The third kappa shape index (κ3) is 2.68. The summed E-state index contributed by atoms with van der Waals surface area (Å²) in [5.74, 6) is 0.239. The van der Waals surface area contributed by atoms with E-state index in [1.165, 1.54) is 19.5 Å². The Bertz CT molecular complexity index is 297. The third-order valence-electron chi connectivity index (χ3n) is 4.53. The van der Waals surface area contributed by atoms with Gasteiger partial charge in [-0.25, -0.2) is 0 Å². The minimum Gasteiger partial charge on any atom is -0.356 e. The average Bonchev–Trinajstić information content (AvgIpc) is 2.54. The molecule has 1 atom stereocenters. The summed E-state index contributed by atoms with van der Waals surface area (Å²) in [7, 11) is 0. The summed E-state index contributed by atoms with van der Waals surface area (Å²) in [4.78, 5) is 16.7. The van der Waals surface area contributed by atoms with E-state index in [0.29, 0.717) is 12.5 Å². The second kappa shape index (κ2) is 5.55. The highest BCUT2D eigenvalue weighted by molar-refractivity contribution is 5.76. The van der Waals surface area contributed by atoms with Gasteiger partial charge in [0.15, 0.2) is 0 Å². The van der Waals surface area contributed by atoms with E-state index in [4.69, 9.17) is 0 Å². The first-order valence-corrected chi connectivity index (χ1v) is 7.28. The molecule has 2 N–H and O–H groups in total. The van der Waals surface area contributed by atoms with Crippen LogP contribution in [0.4, 0.5) is 0 Å². The number of carbonyl (C=O) groups excluding carboxylic acids is 1. The molecular weight excluding hydrogens is 228 g/mol. The van der Waals surface area contributed by atoms with Gasteiger partial charge in [-0.15, -0.1) is 0 Å². The van der Waals surface area contributed by atoms with Crippen LogP contribution in [0.25, 0.3) is 0 Å². The molecule has 18 heavy (non-hydrogen) atoms. The van der Waals surface area contributed by atoms with Crippen molar-refractivity contribution < 1.29 is 4.79 Å². The Kier molecular flexibility index (Phi) is 3.82. The summed E-state index contributed by atoms with van der Waals surface area (Å²) in [5, 5.41) is 6.37. The van der Waals surface area contributed by atoms with Crippen molar-refractivity contribution in [2.24, 2.45) is 0 Å². The quantitative estimate of drug-likeness (QED) is 0.678. The molecule has 1 amide bonds. The number of nitrogens with zero attached hydrogens (tertiary/aromatic N) is 2. The molecule has 3 heterocycles. The smallest absolute Gasteiger partial charge is 0.221 e. The van der Waals surface area contributed by atoms with Crippen LogP contribution in [0, 0.1) is 0 Å². The predicted octanol–water partition coefficient (Wildman–Crippen LogP) is -0.755. The molecule has 5 nitrogen and oxygen atoms in total. The average molecular weight is 252 g/mol. The van der Waals surface area contributed by atoms with E-state index in [2.05, 4.69) is 20.4 Å². The van der Waals surface area contributed by atoms with E-state index in [1.54, 1.807) is 0 Å². The van der Waals surface area contributed by atoms with Crippen molar-refractivity contribution in [3.05, 3.63) is 0 Å². The third-order valence-corrected chi connectivity index (χ3v) is 4.53. The summed E-state index contributed by atoms with van der Waals surface area (Å²) in [6, 6.07) is 1.23. The van der Waals surface area contributed by atoms with Gasteiger partial charge in [0.1, 0.15) is 0 Å². The molecular formula is C13H24N4O. The van der Waals surface area contributed by atoms with Crippen LogP contribution in [-0.2, 0) is 4.79 Å². The fourth-order valence-electron chi connectivity index (χ4n) is 3.33. The number of nitrogens with one attached hydrogen (secondary N) is 2. The fraction of sp³-hybridized carbons (Fsp3) is 0.923. The number of carbonyl (C=O) groups is 1. The zero-order valence-corrected chi connectivity index (χ0v) is 11.0. The van der Waals surface area contributed by atoms with E-state index in [1.807, 2.05) is 0 Å². The molecule has 3 saturated heterocycles. The predicted molar refractivity (Wildman–Crippen MR) is 70.5 cm³/mol. The minimum atomic E-state index is 0.239. The molecule has 0 aromatic heterocycles. The second-order valence-corrected chi connectivity index (χ2v) is 5.74. The van der Waals surface area contributed by atoms with E-state index < -0.39 is 0 Å². The molecule has 3 aliphatic heterocycles. The van der Waals surface area contributed by atoms with Crippen LogP contribution in [0.15, 0.2) is 0 Å². The van der Waals surface area contributed by atoms with E-state index in [9.17, 15) is 4.79 Å². The Labute approximate surface area is 109 Å². The molecule has 0 bridgehead atoms. The monoisotopic (exact) mass is 252 g/mol. The standard InChI is InChI=1S/C13H24N4O/c18-13-8-11(2-1-3-15-13)17-9-12(10-17)16-6-4-14-5-7-16/h11-12,14H,1-10H2,(H,15,18). The highest BCUT2D eigenvalue weighted by atomic mass is 16.1. The molecule has 3 aliphatic rings. The first kappa shape index (κ1) is 12.4. The van der Waals surface area contributed by atoms with Crippen LogP contribution in [0.1, 0.15) is 19.3 Å². The minimum absolute atomic E-state index is 0.239. The van der Waals surface area contributed by atoms with E-state index >= 15 is 0 Å². The molecule has 0 radical (unpaired) electrons. The van der Waals surface area contributed by atoms with Gasteiger partial charge in [0.05, 0.1) is 0 Å². The topological polar surface area (TPSA) is 47.6 Å². The van der Waals surface area contributed by atoms with Gasteiger partial charge in [0.2, 0.25) is 5.91 Å². The van der Waals surface area contributed by atoms with Gasteiger partial charge in [0.25, 0.3) is 0 Å². The van der Waals surface area contributed by atoms with Crippen molar-refractivity contribution in [1.82, 2.24) is 20.4 Å². The van der Waals surface area contributed by atoms with E-state index in [0.717, 1.165) is 45.2 Å². The summed E-state index contributed by atoms with van der Waals surface area (Å²) in [5.41, 5.74) is 0. The SMILES string of the molecule is O=C1CC(N2CC(N3CCNCC3)C2)CCCN1. The van der Waals surface area contributed by atoms with Gasteiger partial charge in [-0.3, -0.25) is 14.6 Å². The first-order chi connectivity index (χ1) is 8.83. The van der Waals surface area contributed by atoms with Crippen molar-refractivity contribution in [2.75, 3.05) is 45.8 Å². The summed E-state index contributed by atoms with van der Waals surface area (Å²) < 4.78 is 0. The van der Waals surface area contributed by atoms with Crippen molar-refractivity contribution in [3.8, 4) is 0 Å². The lowest BCUT2D eigenvalue weighted by Crippen LogP contribution is -2.64. The van der Waals surface area contributed by atoms with Crippen LogP contribution >= 0.6 is 0 Å². The fourth-order valence-corrected chi connectivity index (χ4v) is 3.33. The Morgan fingerprint density at radius 1 is 1.00 bits per heavy atom. The van der Waals surface area contributed by atoms with Gasteiger partial charge >= 0.3 is 0 Å². The second-order valence-electron chi connectivity index (χ2n) is 5.74.